The van der Waals surface area contributed by atoms with E-state index in [1.54, 1.807) is 13.8 Å². The molecular formula is C11H17N3O5. The summed E-state index contributed by atoms with van der Waals surface area (Å²) in [5, 5.41) is 4.82. The zero-order valence-corrected chi connectivity index (χ0v) is 11.3. The van der Waals surface area contributed by atoms with Crippen molar-refractivity contribution in [3.05, 3.63) is 0 Å². The van der Waals surface area contributed by atoms with Crippen LogP contribution in [0.2, 0.25) is 0 Å². The van der Waals surface area contributed by atoms with E-state index >= 15 is 0 Å². The Balaban J connectivity index is 2.85. The Hall–Kier alpha value is -2.12. The molecule has 0 aromatic rings. The number of amides is 4. The number of carbonyl (C=O) groups is 4. The molecular weight excluding hydrogens is 254 g/mol. The van der Waals surface area contributed by atoms with Crippen LogP contribution in [0.5, 0.6) is 0 Å². The molecule has 1 fully saturated rings. The van der Waals surface area contributed by atoms with E-state index in [1.165, 1.54) is 6.92 Å². The summed E-state index contributed by atoms with van der Waals surface area (Å²) in [5.74, 6) is -1.64. The van der Waals surface area contributed by atoms with E-state index < -0.39 is 35.4 Å². The van der Waals surface area contributed by atoms with E-state index in [2.05, 4.69) is 15.4 Å². The fourth-order valence-electron chi connectivity index (χ4n) is 1.73. The number of carbonyl (C=O) groups excluding carboxylic acids is 4. The number of esters is 1. The highest BCUT2D eigenvalue weighted by Gasteiger charge is 2.45. The molecule has 8 nitrogen and oxygen atoms in total. The fourth-order valence-corrected chi connectivity index (χ4v) is 1.73. The minimum Gasteiger partial charge on any atom is -0.467 e. The van der Waals surface area contributed by atoms with Crippen LogP contribution in [0.3, 0.4) is 0 Å². The van der Waals surface area contributed by atoms with Gasteiger partial charge >= 0.3 is 12.0 Å². The van der Waals surface area contributed by atoms with Gasteiger partial charge < -0.3 is 15.4 Å². The van der Waals surface area contributed by atoms with Gasteiger partial charge in [-0.15, -0.1) is 0 Å². The molecule has 19 heavy (non-hydrogen) atoms. The summed E-state index contributed by atoms with van der Waals surface area (Å²) >= 11 is 0. The topological polar surface area (TPSA) is 105 Å². The van der Waals surface area contributed by atoms with E-state index in [4.69, 9.17) is 0 Å². The van der Waals surface area contributed by atoms with Crippen molar-refractivity contribution in [1.82, 2.24) is 15.5 Å². The van der Waals surface area contributed by atoms with Gasteiger partial charge in [-0.05, 0) is 13.8 Å². The lowest BCUT2D eigenvalue weighted by Gasteiger charge is -2.21. The molecule has 8 heteroatoms. The molecule has 0 aromatic heterocycles. The molecule has 0 saturated carbocycles. The average molecular weight is 271 g/mol. The van der Waals surface area contributed by atoms with E-state index in [1.807, 2.05) is 0 Å². The molecule has 1 heterocycles. The first-order valence-electron chi connectivity index (χ1n) is 5.68. The monoisotopic (exact) mass is 271 g/mol. The third kappa shape index (κ3) is 3.21. The fraction of sp³-hybridized carbons (Fsp3) is 0.636. The molecule has 0 bridgehead atoms. The van der Waals surface area contributed by atoms with Crippen molar-refractivity contribution in [3.8, 4) is 0 Å². The summed E-state index contributed by atoms with van der Waals surface area (Å²) in [6.07, 6.45) is 0. The second-order valence-electron chi connectivity index (χ2n) is 4.75. The summed E-state index contributed by atoms with van der Waals surface area (Å²) < 4.78 is 4.52. The van der Waals surface area contributed by atoms with E-state index in [9.17, 15) is 19.2 Å². The zero-order valence-electron chi connectivity index (χ0n) is 11.3. The Morgan fingerprint density at radius 2 is 2.00 bits per heavy atom. The van der Waals surface area contributed by atoms with Crippen molar-refractivity contribution >= 4 is 23.8 Å². The van der Waals surface area contributed by atoms with Crippen LogP contribution in [0.15, 0.2) is 0 Å². The predicted octanol–water partition coefficient (Wildman–Crippen LogP) is -1.01. The highest BCUT2D eigenvalue weighted by atomic mass is 16.5. The van der Waals surface area contributed by atoms with Gasteiger partial charge in [-0.2, -0.15) is 0 Å². The molecule has 0 aromatic carbocycles. The van der Waals surface area contributed by atoms with Crippen LogP contribution in [-0.2, 0) is 19.1 Å². The second-order valence-corrected chi connectivity index (χ2v) is 4.75. The predicted molar refractivity (Wildman–Crippen MR) is 63.9 cm³/mol. The quantitative estimate of drug-likeness (QED) is 0.504. The minimum atomic E-state index is -1.08. The van der Waals surface area contributed by atoms with Crippen molar-refractivity contribution < 1.29 is 23.9 Å². The van der Waals surface area contributed by atoms with Crippen LogP contribution in [0.1, 0.15) is 20.8 Å². The van der Waals surface area contributed by atoms with Crippen LogP contribution < -0.4 is 10.6 Å². The van der Waals surface area contributed by atoms with Crippen LogP contribution in [0.4, 0.5) is 4.79 Å². The zero-order chi connectivity index (χ0) is 14.8. The van der Waals surface area contributed by atoms with Crippen molar-refractivity contribution in [2.45, 2.75) is 32.4 Å². The van der Waals surface area contributed by atoms with E-state index in [-0.39, 0.29) is 6.54 Å². The number of ether oxygens (including phenoxy) is 1. The van der Waals surface area contributed by atoms with E-state index in [0.717, 1.165) is 12.0 Å². The summed E-state index contributed by atoms with van der Waals surface area (Å²) in [4.78, 5) is 47.0. The van der Waals surface area contributed by atoms with Crippen LogP contribution >= 0.6 is 0 Å². The molecule has 1 aliphatic rings. The maximum atomic E-state index is 11.9. The summed E-state index contributed by atoms with van der Waals surface area (Å²) in [7, 11) is 1.16. The van der Waals surface area contributed by atoms with Crippen LogP contribution in [0, 0.1) is 0 Å². The van der Waals surface area contributed by atoms with Gasteiger partial charge in [0.2, 0.25) is 5.91 Å². The molecule has 0 radical (unpaired) electrons. The molecule has 1 unspecified atom stereocenters. The van der Waals surface area contributed by atoms with Gasteiger partial charge in [0.15, 0.2) is 0 Å². The third-order valence-electron chi connectivity index (χ3n) is 2.67. The molecule has 1 saturated heterocycles. The number of urea groups is 1. The average Bonchev–Trinajstić information content (AvgIpc) is 2.48. The van der Waals surface area contributed by atoms with Gasteiger partial charge in [-0.3, -0.25) is 14.5 Å². The van der Waals surface area contributed by atoms with Gasteiger partial charge in [0, 0.05) is 6.92 Å². The third-order valence-corrected chi connectivity index (χ3v) is 2.67. The summed E-state index contributed by atoms with van der Waals surface area (Å²) in [6, 6.07) is -1.68. The van der Waals surface area contributed by atoms with Crippen molar-refractivity contribution in [3.63, 3.8) is 0 Å². The Morgan fingerprint density at radius 1 is 1.42 bits per heavy atom. The van der Waals surface area contributed by atoms with Crippen LogP contribution in [0.25, 0.3) is 0 Å². The number of nitrogens with zero attached hydrogens (tertiary/aromatic N) is 1. The SMILES string of the molecule is COC(=O)C(CN1C(=O)NC(C)(C)C1=O)NC(C)=O. The first-order valence-corrected chi connectivity index (χ1v) is 5.68. The number of hydrogen-bond acceptors (Lipinski definition) is 5. The molecule has 106 valence electrons. The Kier molecular flexibility index (Phi) is 4.13. The van der Waals surface area contributed by atoms with Gasteiger partial charge in [0.1, 0.15) is 11.6 Å². The molecule has 2 N–H and O–H groups in total. The molecule has 1 rings (SSSR count). The Morgan fingerprint density at radius 3 is 2.37 bits per heavy atom. The highest BCUT2D eigenvalue weighted by Crippen LogP contribution is 2.16. The summed E-state index contributed by atoms with van der Waals surface area (Å²) in [6.45, 7) is 4.07. The van der Waals surface area contributed by atoms with Crippen LogP contribution in [-0.4, -0.2) is 54.0 Å². The normalized spacial score (nSPS) is 18.8. The Labute approximate surface area is 110 Å². The van der Waals surface area contributed by atoms with Crippen molar-refractivity contribution in [2.75, 3.05) is 13.7 Å². The maximum Gasteiger partial charge on any atom is 0.330 e. The molecule has 4 amide bonds. The Bertz CT molecular complexity index is 432. The molecule has 1 aliphatic heterocycles. The van der Waals surface area contributed by atoms with Crippen molar-refractivity contribution in [1.29, 1.82) is 0 Å². The number of rotatable bonds is 4. The number of methoxy groups -OCH3 is 1. The molecule has 0 aliphatic carbocycles. The minimum absolute atomic E-state index is 0.264. The number of imide groups is 1. The maximum absolute atomic E-state index is 11.9. The largest absolute Gasteiger partial charge is 0.467 e. The first-order chi connectivity index (χ1) is 8.69. The van der Waals surface area contributed by atoms with Gasteiger partial charge in [0.05, 0.1) is 13.7 Å². The lowest BCUT2D eigenvalue weighted by Crippen LogP contribution is -2.50. The second kappa shape index (κ2) is 5.25. The van der Waals surface area contributed by atoms with Gasteiger partial charge in [-0.25, -0.2) is 9.59 Å². The van der Waals surface area contributed by atoms with Gasteiger partial charge in [-0.1, -0.05) is 0 Å². The molecule has 0 spiro atoms. The highest BCUT2D eigenvalue weighted by molar-refractivity contribution is 6.06. The van der Waals surface area contributed by atoms with Crippen molar-refractivity contribution in [2.24, 2.45) is 0 Å². The summed E-state index contributed by atoms with van der Waals surface area (Å²) in [5.41, 5.74) is -1.02. The standard InChI is InChI=1S/C11H17N3O5/c1-6(15)12-7(8(16)19-4)5-14-9(17)11(2,3)13-10(14)18/h7H,5H2,1-4H3,(H,12,15)(H,13,18). The smallest absolute Gasteiger partial charge is 0.330 e. The lowest BCUT2D eigenvalue weighted by atomic mass is 10.1. The number of nitrogens with one attached hydrogen (secondary N) is 2. The molecule has 1 atom stereocenters. The lowest BCUT2D eigenvalue weighted by molar-refractivity contribution is -0.145. The first kappa shape index (κ1) is 14.9. The van der Waals surface area contributed by atoms with E-state index in [0.29, 0.717) is 0 Å². The van der Waals surface area contributed by atoms with Gasteiger partial charge in [0.25, 0.3) is 5.91 Å². The number of hydrogen-bond donors (Lipinski definition) is 2.